The molecule has 1 fully saturated rings. The molecule has 178 valence electrons. The van der Waals surface area contributed by atoms with Crippen molar-refractivity contribution in [2.75, 3.05) is 5.32 Å². The van der Waals surface area contributed by atoms with Gasteiger partial charge >= 0.3 is 0 Å². The molecule has 2 aromatic heterocycles. The van der Waals surface area contributed by atoms with E-state index in [0.717, 1.165) is 18.2 Å². The minimum absolute atomic E-state index is 0.0110. The van der Waals surface area contributed by atoms with Crippen molar-refractivity contribution in [2.45, 2.75) is 57.7 Å². The molecule has 0 aliphatic heterocycles. The quantitative estimate of drug-likeness (QED) is 0.450. The van der Waals surface area contributed by atoms with Gasteiger partial charge in [-0.05, 0) is 69.9 Å². The Bertz CT molecular complexity index is 1160. The van der Waals surface area contributed by atoms with Gasteiger partial charge in [-0.15, -0.1) is 0 Å². The number of nitrogens with one attached hydrogen (secondary N) is 1. The minimum Gasteiger partial charge on any atom is -0.475 e. The Morgan fingerprint density at radius 3 is 2.47 bits per heavy atom. The zero-order chi connectivity index (χ0) is 24.2. The third-order valence-electron chi connectivity index (χ3n) is 5.84. The van der Waals surface area contributed by atoms with E-state index in [1.165, 1.54) is 18.5 Å². The Labute approximate surface area is 196 Å². The van der Waals surface area contributed by atoms with Gasteiger partial charge in [-0.1, -0.05) is 0 Å². The van der Waals surface area contributed by atoms with Crippen molar-refractivity contribution in [3.05, 3.63) is 71.7 Å². The van der Waals surface area contributed by atoms with Crippen molar-refractivity contribution < 1.29 is 22.7 Å². The molecule has 0 bridgehead atoms. The largest absolute Gasteiger partial charge is 0.475 e. The first-order valence-corrected chi connectivity index (χ1v) is 11.3. The molecule has 1 aliphatic carbocycles. The normalized spacial score (nSPS) is 18.1. The maximum atomic E-state index is 14.7. The third kappa shape index (κ3) is 5.38. The smallest absolute Gasteiger partial charge is 0.257 e. The van der Waals surface area contributed by atoms with E-state index >= 15 is 0 Å². The van der Waals surface area contributed by atoms with Gasteiger partial charge < -0.3 is 10.1 Å². The number of ether oxygens (including phenoxy) is 1. The summed E-state index contributed by atoms with van der Waals surface area (Å²) in [5.41, 5.74) is 1.42. The number of aromatic nitrogens is 2. The number of carbonyl (C=O) groups excluding carboxylic acids is 1. The Kier molecular flexibility index (Phi) is 7.14. The summed E-state index contributed by atoms with van der Waals surface area (Å²) in [4.78, 5) is 21.8. The molecule has 3 aromatic rings. The van der Waals surface area contributed by atoms with Gasteiger partial charge in [0.2, 0.25) is 5.88 Å². The van der Waals surface area contributed by atoms with Gasteiger partial charge in [0.25, 0.3) is 5.91 Å². The molecule has 1 amide bonds. The fourth-order valence-corrected chi connectivity index (χ4v) is 4.18. The number of nitrogens with zero attached hydrogens (tertiary/aromatic N) is 2. The zero-order valence-electron chi connectivity index (χ0n) is 19.0. The van der Waals surface area contributed by atoms with E-state index in [9.17, 15) is 18.0 Å². The molecule has 4 rings (SSSR count). The molecule has 0 saturated heterocycles. The van der Waals surface area contributed by atoms with Crippen LogP contribution in [0.4, 0.5) is 18.9 Å². The lowest BCUT2D eigenvalue weighted by molar-refractivity contribution is 0.102. The number of hydrogen-bond acceptors (Lipinski definition) is 4. The van der Waals surface area contributed by atoms with Crippen LogP contribution in [0.25, 0.3) is 11.1 Å². The van der Waals surface area contributed by atoms with Crippen LogP contribution in [0.1, 0.15) is 61.5 Å². The number of rotatable bonds is 6. The van der Waals surface area contributed by atoms with Crippen molar-refractivity contribution >= 4 is 11.6 Å². The van der Waals surface area contributed by atoms with Crippen molar-refractivity contribution in [3.8, 4) is 17.0 Å². The predicted molar refractivity (Wildman–Crippen MR) is 124 cm³/mol. The van der Waals surface area contributed by atoms with E-state index in [1.807, 2.05) is 13.8 Å². The van der Waals surface area contributed by atoms with Crippen LogP contribution >= 0.6 is 0 Å². The van der Waals surface area contributed by atoms with Gasteiger partial charge in [-0.3, -0.25) is 9.78 Å². The summed E-state index contributed by atoms with van der Waals surface area (Å²) >= 11 is 0. The van der Waals surface area contributed by atoms with Crippen LogP contribution in [0.3, 0.4) is 0 Å². The number of amides is 1. The summed E-state index contributed by atoms with van der Waals surface area (Å²) in [5.74, 6) is -1.43. The van der Waals surface area contributed by atoms with Crippen LogP contribution in [0.5, 0.6) is 5.88 Å². The van der Waals surface area contributed by atoms with E-state index in [2.05, 4.69) is 15.3 Å². The van der Waals surface area contributed by atoms with Crippen LogP contribution in [-0.4, -0.2) is 28.2 Å². The van der Waals surface area contributed by atoms with E-state index in [4.69, 9.17) is 4.74 Å². The first-order chi connectivity index (χ1) is 16.3. The number of alkyl halides is 1. The fourth-order valence-electron chi connectivity index (χ4n) is 4.18. The predicted octanol–water partition coefficient (Wildman–Crippen LogP) is 6.46. The summed E-state index contributed by atoms with van der Waals surface area (Å²) in [6.45, 7) is 3.74. The van der Waals surface area contributed by atoms with E-state index < -0.39 is 23.7 Å². The van der Waals surface area contributed by atoms with Crippen molar-refractivity contribution in [1.29, 1.82) is 0 Å². The number of pyridine rings is 2. The van der Waals surface area contributed by atoms with Gasteiger partial charge in [0, 0.05) is 35.5 Å². The topological polar surface area (TPSA) is 64.1 Å². The minimum atomic E-state index is -0.865. The molecule has 1 aromatic carbocycles. The first kappa shape index (κ1) is 23.7. The van der Waals surface area contributed by atoms with E-state index in [-0.39, 0.29) is 23.1 Å². The third-order valence-corrected chi connectivity index (χ3v) is 5.84. The number of benzene rings is 1. The van der Waals surface area contributed by atoms with Gasteiger partial charge in [0.1, 0.15) is 17.8 Å². The zero-order valence-corrected chi connectivity index (χ0v) is 19.0. The van der Waals surface area contributed by atoms with Gasteiger partial charge in [0.15, 0.2) is 0 Å². The highest BCUT2D eigenvalue weighted by Gasteiger charge is 2.27. The van der Waals surface area contributed by atoms with Gasteiger partial charge in [-0.2, -0.15) is 0 Å². The summed E-state index contributed by atoms with van der Waals surface area (Å²) < 4.78 is 48.0. The Morgan fingerprint density at radius 2 is 1.79 bits per heavy atom. The molecule has 34 heavy (non-hydrogen) atoms. The van der Waals surface area contributed by atoms with E-state index in [0.29, 0.717) is 48.5 Å². The number of hydrogen-bond donors (Lipinski definition) is 1. The second-order valence-electron chi connectivity index (χ2n) is 8.70. The second-order valence-corrected chi connectivity index (χ2v) is 8.70. The molecule has 2 heterocycles. The molecule has 0 spiro atoms. The van der Waals surface area contributed by atoms with E-state index in [1.54, 1.807) is 12.1 Å². The average Bonchev–Trinajstić information content (AvgIpc) is 2.81. The molecule has 8 heteroatoms. The van der Waals surface area contributed by atoms with Gasteiger partial charge in [-0.25, -0.2) is 18.2 Å². The maximum Gasteiger partial charge on any atom is 0.257 e. The Morgan fingerprint density at radius 1 is 1.03 bits per heavy atom. The van der Waals surface area contributed by atoms with Crippen LogP contribution in [0.15, 0.2) is 48.8 Å². The number of carbonyl (C=O) groups is 1. The first-order valence-electron chi connectivity index (χ1n) is 11.3. The van der Waals surface area contributed by atoms with Crippen LogP contribution < -0.4 is 10.1 Å². The molecule has 0 unspecified atom stereocenters. The molecule has 0 radical (unpaired) electrons. The molecule has 0 atom stereocenters. The molecule has 1 saturated carbocycles. The SMILES string of the molecule is CC(C)Oc1ccc(C(=O)Nc2c(-c3cc(F)ccc3F)ccnc2C2CCC(F)CC2)cn1. The summed E-state index contributed by atoms with van der Waals surface area (Å²) in [5, 5.41) is 2.84. The molecule has 5 nitrogen and oxygen atoms in total. The Hall–Kier alpha value is -3.42. The summed E-state index contributed by atoms with van der Waals surface area (Å²) in [6.07, 6.45) is 3.85. The van der Waals surface area contributed by atoms with Crippen molar-refractivity contribution in [1.82, 2.24) is 9.97 Å². The standard InChI is InChI=1S/C26H26F3N3O2/c1-15(2)34-23-10-5-17(14-31-23)26(33)32-25-20(21-13-19(28)8-9-22(21)29)11-12-30-24(25)16-3-6-18(27)7-4-16/h5,8-16,18H,3-4,6-7H2,1-2H3,(H,32,33). The molecule has 1 N–H and O–H groups in total. The highest BCUT2D eigenvalue weighted by Crippen LogP contribution is 2.41. The average molecular weight is 470 g/mol. The van der Waals surface area contributed by atoms with Crippen LogP contribution in [-0.2, 0) is 0 Å². The van der Waals surface area contributed by atoms with Crippen LogP contribution in [0, 0.1) is 11.6 Å². The van der Waals surface area contributed by atoms with Crippen molar-refractivity contribution in [3.63, 3.8) is 0 Å². The maximum absolute atomic E-state index is 14.7. The highest BCUT2D eigenvalue weighted by atomic mass is 19.1. The number of anilines is 1. The molecular formula is C26H26F3N3O2. The lowest BCUT2D eigenvalue weighted by Gasteiger charge is -2.26. The fraction of sp³-hybridized carbons (Fsp3) is 0.346. The Balaban J connectivity index is 1.72. The van der Waals surface area contributed by atoms with Gasteiger partial charge in [0.05, 0.1) is 23.0 Å². The lowest BCUT2D eigenvalue weighted by atomic mass is 9.84. The summed E-state index contributed by atoms with van der Waals surface area (Å²) in [7, 11) is 0. The lowest BCUT2D eigenvalue weighted by Crippen LogP contribution is -2.20. The molecular weight excluding hydrogens is 443 g/mol. The summed E-state index contributed by atoms with van der Waals surface area (Å²) in [6, 6.07) is 7.87. The van der Waals surface area contributed by atoms with Crippen molar-refractivity contribution in [2.24, 2.45) is 0 Å². The molecule has 1 aliphatic rings. The van der Waals surface area contributed by atoms with Crippen LogP contribution in [0.2, 0.25) is 0 Å². The highest BCUT2D eigenvalue weighted by molar-refractivity contribution is 6.06. The second kappa shape index (κ2) is 10.2. The monoisotopic (exact) mass is 469 g/mol. The number of halogens is 3.